The minimum atomic E-state index is -4.69. The van der Waals surface area contributed by atoms with Crippen LogP contribution in [0.3, 0.4) is 0 Å². The van der Waals surface area contributed by atoms with Crippen molar-refractivity contribution >= 4 is 106 Å². The van der Waals surface area contributed by atoms with Gasteiger partial charge in [0, 0.05) is 103 Å². The number of aromatic nitrogens is 18. The summed E-state index contributed by atoms with van der Waals surface area (Å²) in [5, 5.41) is 5.65. The van der Waals surface area contributed by atoms with E-state index in [0.717, 1.165) is 144 Å². The van der Waals surface area contributed by atoms with E-state index < -0.39 is 18.8 Å². The number of pyridine rings is 6. The zero-order valence-electron chi connectivity index (χ0n) is 78.2. The van der Waals surface area contributed by atoms with Crippen molar-refractivity contribution < 1.29 is 168 Å². The summed E-state index contributed by atoms with van der Waals surface area (Å²) in [5.74, 6) is 8.26. The molecule has 0 aliphatic heterocycles. The molecule has 0 spiro atoms. The van der Waals surface area contributed by atoms with E-state index in [-0.39, 0.29) is 108 Å². The summed E-state index contributed by atoms with van der Waals surface area (Å²) in [6.07, 6.45) is 10.5. The van der Waals surface area contributed by atoms with Gasteiger partial charge in [0.2, 0.25) is 0 Å². The summed E-state index contributed by atoms with van der Waals surface area (Å²) in [4.78, 5) is 77.7. The van der Waals surface area contributed by atoms with Gasteiger partial charge in [-0.1, -0.05) is 222 Å². The molecule has 750 valence electrons. The predicted octanol–water partition coefficient (Wildman–Crippen LogP) is 19.7. The van der Waals surface area contributed by atoms with Gasteiger partial charge in [0.1, 0.15) is 11.6 Å². The molecule has 21 rings (SSSR count). The molecule has 14 heterocycles. The van der Waals surface area contributed by atoms with Crippen molar-refractivity contribution in [1.82, 2.24) is 89.7 Å². The number of hydrogen-bond donors (Lipinski definition) is 1. The normalized spacial score (nSPS) is 10.3. The number of fused-ring (bicyclic) bond motifs is 4. The second-order valence-corrected chi connectivity index (χ2v) is 34.7. The predicted molar refractivity (Wildman–Crippen MR) is 548 cm³/mol. The summed E-state index contributed by atoms with van der Waals surface area (Å²) in [6, 6.07) is 106. The Bertz CT molecular complexity index is 6240. The maximum absolute atomic E-state index is 12.6. The molecule has 25 nitrogen and oxygen atoms in total. The van der Waals surface area contributed by atoms with Gasteiger partial charge in [-0.25, -0.2) is 0 Å². The van der Waals surface area contributed by atoms with E-state index in [4.69, 9.17) is 32.2 Å². The minimum Gasteiger partial charge on any atom is -0.434 e. The molecule has 1 N–H and O–H groups in total. The molecule has 0 fully saturated rings. The number of hydrogen-bond acceptors (Lipinski definition) is 19. The second-order valence-electron chi connectivity index (χ2n) is 28.1. The summed E-state index contributed by atoms with van der Waals surface area (Å²) >= 11 is 1.61. The van der Waals surface area contributed by atoms with E-state index in [1.54, 1.807) is 62.0 Å². The number of imidazole rings is 6. The molecule has 4 atom stereocenters. The minimum absolute atomic E-state index is 0. The van der Waals surface area contributed by atoms with Crippen LogP contribution in [0.25, 0.3) is 135 Å². The van der Waals surface area contributed by atoms with E-state index in [1.165, 1.54) is 38.9 Å². The summed E-state index contributed by atoms with van der Waals surface area (Å²) in [5.41, 5.74) is 18.3. The average molecular weight is 2940 g/mol. The zero-order valence-corrected chi connectivity index (χ0v) is 97.1. The third-order valence-corrected chi connectivity index (χ3v) is 24.6. The van der Waals surface area contributed by atoms with E-state index in [2.05, 4.69) is 191 Å². The van der Waals surface area contributed by atoms with Crippen molar-refractivity contribution in [1.29, 1.82) is 0 Å². The zero-order chi connectivity index (χ0) is 97.9. The van der Waals surface area contributed by atoms with E-state index in [1.807, 2.05) is 285 Å². The molecule has 21 aromatic rings. The standard InChI is InChI=1S/4C12H8N3.C11H7FP.C11H8P.2C10H10N3.C8H12P2.C6H16O3P.ClHO4.ClH.4Pt.2Rh/c4*1-2-6-10-9(5-1)14-12(15-10)11-7-3-4-8-13-11;12-10-6-4-9(5-7-10)11-3-1-2-8-13-11;1-2-6-10(7-3-1)11-8-4-5-9-12-11;2*1-7-8(2)13-10(12-7)9-5-3-4-6-11-9;1-9-7-5-3-4-6-8(7)10-2;1-4-7-10(8-5-2)9-6-3;2-1(3,4)5;;;;;;;/h4*1-8H;1-4,6-8H;1-6,8-9H;2*3-6H,1-2H3;3-6,9-10H,1-2H3;10H,4-6H2,1-3H3;(H,2,3,4,5);1H;;;;;;/q8*-1;;+1;;;;3*+2;;/p+1. The van der Waals surface area contributed by atoms with Crippen LogP contribution >= 0.6 is 51.6 Å². The second kappa shape index (κ2) is 69.6. The molecule has 14 aromatic heterocycles. The maximum atomic E-state index is 12.6. The fourth-order valence-electron chi connectivity index (χ4n) is 11.9. The number of halogens is 3. The van der Waals surface area contributed by atoms with Gasteiger partial charge in [-0.15, -0.1) is 65.7 Å². The Hall–Kier alpha value is -9.44. The fourth-order valence-corrected chi connectivity index (χ4v) is 16.7. The van der Waals surface area contributed by atoms with Crippen molar-refractivity contribution in [3.8, 4) is 90.8 Å². The van der Waals surface area contributed by atoms with Gasteiger partial charge in [0.05, 0.1) is 95.9 Å². The van der Waals surface area contributed by atoms with Crippen LogP contribution in [0.4, 0.5) is 4.39 Å². The van der Waals surface area contributed by atoms with Crippen molar-refractivity contribution in [3.05, 3.63) is 399 Å². The van der Waals surface area contributed by atoms with Crippen LogP contribution in [0.1, 0.15) is 43.5 Å². The topological polar surface area (TPSA) is 356 Å². The van der Waals surface area contributed by atoms with Crippen molar-refractivity contribution in [3.63, 3.8) is 0 Å². The van der Waals surface area contributed by atoms with E-state index in [9.17, 15) is 4.39 Å². The van der Waals surface area contributed by atoms with Gasteiger partial charge in [-0.05, 0) is 236 Å². The molecule has 7 aromatic carbocycles. The van der Waals surface area contributed by atoms with E-state index in [0.29, 0.717) is 51.3 Å². The molecule has 4 unspecified atom stereocenters. The van der Waals surface area contributed by atoms with Crippen molar-refractivity contribution in [2.24, 2.45) is 0 Å². The van der Waals surface area contributed by atoms with Crippen LogP contribution in [0, 0.1) is 55.9 Å². The van der Waals surface area contributed by atoms with Crippen LogP contribution in [0.5, 0.6) is 0 Å². The molecule has 39 heteroatoms. The van der Waals surface area contributed by atoms with Gasteiger partial charge in [0.25, 0.3) is 0 Å². The molecule has 2 radical (unpaired) electrons. The first-order valence-corrected chi connectivity index (χ1v) is 53.3. The molecule has 0 saturated carbocycles. The van der Waals surface area contributed by atoms with Gasteiger partial charge in [0.15, 0.2) is 0 Å². The Morgan fingerprint density at radius 3 is 0.860 bits per heavy atom. The maximum Gasteiger partial charge on any atom is 2.00 e. The molecule has 0 amide bonds. The van der Waals surface area contributed by atoms with Gasteiger partial charge >= 0.3 is 78.9 Å². The smallest absolute Gasteiger partial charge is 0.434 e. The summed E-state index contributed by atoms with van der Waals surface area (Å²) in [6.45, 7) is 20.1. The number of rotatable bonds is 16. The number of nitrogens with zero attached hydrogens (tertiary/aromatic N) is 18. The SMILES string of the molecule is CCO[PH+](OCC)OCC.CPc1ccccc1PC.Cc1nc(-c2ccccn2)[n-]c1C.Cc1nc(-c2ccccn2)[n-]c1C.Fc1c[c-]c(-c2cccc[pH+]2)cc1.[Cl][Pt+].[O-][Cl+3]([O-])([O-])O.[Pt+2].[Pt+2].[Pt].[Rh].[Rh].[c-]1ccccc1-c1cccc[pH+]1.c1ccc(-c2nc3ccccc3[n-]2)nc1.c1ccc(-c2nc3ccccc3[n-]2)nc1.c1ccc(-c2nc3ccccc3[n-]2)nc1.c1ccc(-c2nc3ccccc3[n-]2)nc1. The summed E-state index contributed by atoms with van der Waals surface area (Å²) < 4.78 is 60.8. The van der Waals surface area contributed by atoms with Crippen LogP contribution in [-0.4, -0.2) is 97.6 Å². The van der Waals surface area contributed by atoms with Crippen LogP contribution in [0.15, 0.2) is 358 Å². The Morgan fingerprint density at radius 2 is 0.636 bits per heavy atom. The third kappa shape index (κ3) is 43.3. The molecular weight excluding hydrogens is 2840 g/mol. The quantitative estimate of drug-likeness (QED) is 0.0533. The number of benzene rings is 7. The molecular formula is C104H98Cl2FN18O7P5Pt4Rh2. The molecule has 0 aliphatic carbocycles. The summed E-state index contributed by atoms with van der Waals surface area (Å²) in [7, 11) is 1.86. The van der Waals surface area contributed by atoms with Crippen LogP contribution < -0.4 is 54.5 Å². The van der Waals surface area contributed by atoms with E-state index >= 15 is 0 Å². The Kier molecular flexibility index (Phi) is 60.4. The van der Waals surface area contributed by atoms with Crippen molar-refractivity contribution in [2.75, 3.05) is 33.2 Å². The first kappa shape index (κ1) is 124. The van der Waals surface area contributed by atoms with Gasteiger partial charge in [-0.2, -0.15) is 27.5 Å². The Labute approximate surface area is 925 Å². The fraction of sp³-hybridized carbons (Fsp3) is 0.115. The molecule has 0 saturated heterocycles. The first-order chi connectivity index (χ1) is 67.3. The van der Waals surface area contributed by atoms with Gasteiger partial charge in [-0.3, -0.25) is 34.3 Å². The number of para-hydroxylation sites is 8. The van der Waals surface area contributed by atoms with Crippen molar-refractivity contribution in [2.45, 2.75) is 48.5 Å². The monoisotopic (exact) mass is 2940 g/mol. The molecule has 0 aliphatic rings. The molecule has 143 heavy (non-hydrogen) atoms. The third-order valence-electron chi connectivity index (χ3n) is 18.6. The molecule has 0 bridgehead atoms. The Balaban J connectivity index is 0.000000277. The Morgan fingerprint density at radius 1 is 0.371 bits per heavy atom. The van der Waals surface area contributed by atoms with Crippen LogP contribution in [0.2, 0.25) is 0 Å². The largest absolute Gasteiger partial charge is 2.00 e. The van der Waals surface area contributed by atoms with Gasteiger partial charge < -0.3 is 59.8 Å². The average Bonchev–Trinajstić information content (AvgIpc) is 1.69. The number of aryl methyl sites for hydroxylation is 4. The van der Waals surface area contributed by atoms with Crippen LogP contribution in [-0.2, 0) is 134 Å². The first-order valence-electron chi connectivity index (χ1n) is 42.9.